The average molecular weight is 267 g/mol. The monoisotopic (exact) mass is 267 g/mol. The number of aromatic nitrogens is 2. The fourth-order valence-corrected chi connectivity index (χ4v) is 4.31. The fourth-order valence-electron chi connectivity index (χ4n) is 2.97. The van der Waals surface area contributed by atoms with Crippen molar-refractivity contribution in [1.29, 1.82) is 0 Å². The zero-order valence-corrected chi connectivity index (χ0v) is 12.8. The lowest BCUT2D eigenvalue weighted by Crippen LogP contribution is -2.19. The Balaban J connectivity index is 2.14. The van der Waals surface area contributed by atoms with Gasteiger partial charge < -0.3 is 5.32 Å². The molecule has 0 aromatic carbocycles. The van der Waals surface area contributed by atoms with E-state index in [1.165, 1.54) is 24.3 Å². The summed E-state index contributed by atoms with van der Waals surface area (Å²) in [5, 5.41) is 14.8. The molecule has 3 nitrogen and oxygen atoms in total. The fraction of sp³-hybridized carbons (Fsp3) is 0.857. The molecule has 18 heavy (non-hydrogen) atoms. The third kappa shape index (κ3) is 2.75. The number of nitrogens with zero attached hydrogens (tertiary/aromatic N) is 2. The van der Waals surface area contributed by atoms with Gasteiger partial charge in [-0.3, -0.25) is 0 Å². The van der Waals surface area contributed by atoms with Gasteiger partial charge >= 0.3 is 0 Å². The van der Waals surface area contributed by atoms with Crippen LogP contribution in [0.3, 0.4) is 0 Å². The van der Waals surface area contributed by atoms with Crippen molar-refractivity contribution >= 4 is 11.3 Å². The standard InChI is InChI=1S/C14H25N3S/c1-5-11(15-6-2)13-17-16-12(18-13)10-8-7-9-14(10,3)4/h10-11,15H,5-9H2,1-4H3. The molecule has 2 rings (SSSR count). The van der Waals surface area contributed by atoms with Crippen LogP contribution in [0.15, 0.2) is 0 Å². The maximum absolute atomic E-state index is 4.47. The van der Waals surface area contributed by atoms with Gasteiger partial charge in [0.05, 0.1) is 6.04 Å². The Labute approximate surface area is 114 Å². The molecule has 1 aliphatic rings. The van der Waals surface area contributed by atoms with Gasteiger partial charge in [0, 0.05) is 5.92 Å². The van der Waals surface area contributed by atoms with Crippen LogP contribution in [-0.2, 0) is 0 Å². The third-order valence-electron chi connectivity index (χ3n) is 4.17. The Morgan fingerprint density at radius 2 is 2.17 bits per heavy atom. The minimum Gasteiger partial charge on any atom is -0.308 e. The quantitative estimate of drug-likeness (QED) is 0.879. The highest BCUT2D eigenvalue weighted by atomic mass is 32.1. The molecule has 1 N–H and O–H groups in total. The van der Waals surface area contributed by atoms with E-state index in [-0.39, 0.29) is 0 Å². The van der Waals surface area contributed by atoms with Crippen molar-refractivity contribution in [2.24, 2.45) is 5.41 Å². The Hall–Kier alpha value is -0.480. The molecule has 0 spiro atoms. The van der Waals surface area contributed by atoms with Crippen molar-refractivity contribution in [2.45, 2.75) is 65.3 Å². The zero-order valence-electron chi connectivity index (χ0n) is 12.0. The Kier molecular flexibility index (Phi) is 4.38. The maximum Gasteiger partial charge on any atom is 0.134 e. The molecule has 1 heterocycles. The minimum atomic E-state index is 0.380. The van der Waals surface area contributed by atoms with Crippen LogP contribution in [0.1, 0.15) is 75.4 Å². The largest absolute Gasteiger partial charge is 0.308 e. The SMILES string of the molecule is CCNC(CC)c1nnc(C2CCCC2(C)C)s1. The first-order valence-corrected chi connectivity index (χ1v) is 7.96. The van der Waals surface area contributed by atoms with Crippen LogP contribution >= 0.6 is 11.3 Å². The number of hydrogen-bond donors (Lipinski definition) is 1. The van der Waals surface area contributed by atoms with E-state index in [4.69, 9.17) is 0 Å². The van der Waals surface area contributed by atoms with Crippen molar-refractivity contribution < 1.29 is 0 Å². The highest BCUT2D eigenvalue weighted by molar-refractivity contribution is 7.11. The van der Waals surface area contributed by atoms with E-state index in [1.807, 2.05) is 11.3 Å². The maximum atomic E-state index is 4.47. The van der Waals surface area contributed by atoms with E-state index < -0.39 is 0 Å². The number of rotatable bonds is 5. The van der Waals surface area contributed by atoms with Crippen LogP contribution in [0.4, 0.5) is 0 Å². The van der Waals surface area contributed by atoms with Gasteiger partial charge in [-0.1, -0.05) is 45.5 Å². The zero-order chi connectivity index (χ0) is 13.2. The summed E-state index contributed by atoms with van der Waals surface area (Å²) in [6, 6.07) is 0.380. The highest BCUT2D eigenvalue weighted by Crippen LogP contribution is 2.49. The molecule has 1 saturated carbocycles. The summed E-state index contributed by atoms with van der Waals surface area (Å²) < 4.78 is 0. The number of nitrogens with one attached hydrogen (secondary N) is 1. The van der Waals surface area contributed by atoms with Crippen LogP contribution in [-0.4, -0.2) is 16.7 Å². The molecule has 0 amide bonds. The summed E-state index contributed by atoms with van der Waals surface area (Å²) >= 11 is 1.82. The molecule has 0 bridgehead atoms. The Bertz CT molecular complexity index is 386. The van der Waals surface area contributed by atoms with Gasteiger partial charge in [-0.05, 0) is 31.2 Å². The molecule has 1 fully saturated rings. The van der Waals surface area contributed by atoms with Crippen LogP contribution in [0.25, 0.3) is 0 Å². The molecule has 1 aliphatic carbocycles. The van der Waals surface area contributed by atoms with E-state index in [9.17, 15) is 0 Å². The first kappa shape index (κ1) is 13.9. The van der Waals surface area contributed by atoms with E-state index in [0.29, 0.717) is 17.4 Å². The molecule has 102 valence electrons. The van der Waals surface area contributed by atoms with E-state index in [0.717, 1.165) is 18.0 Å². The summed E-state index contributed by atoms with van der Waals surface area (Å²) in [7, 11) is 0. The van der Waals surface area contributed by atoms with Crippen LogP contribution in [0.5, 0.6) is 0 Å². The molecule has 2 unspecified atom stereocenters. The predicted octanol–water partition coefficient (Wildman–Crippen LogP) is 3.89. The molecule has 1 aromatic heterocycles. The average Bonchev–Trinajstić information content (AvgIpc) is 2.91. The summed E-state index contributed by atoms with van der Waals surface area (Å²) in [6.07, 6.45) is 5.00. The topological polar surface area (TPSA) is 37.8 Å². The molecule has 4 heteroatoms. The molecule has 1 aromatic rings. The van der Waals surface area contributed by atoms with Crippen molar-refractivity contribution in [3.8, 4) is 0 Å². The second kappa shape index (κ2) is 5.66. The van der Waals surface area contributed by atoms with Gasteiger partial charge in [0.25, 0.3) is 0 Å². The Morgan fingerprint density at radius 1 is 1.39 bits per heavy atom. The van der Waals surface area contributed by atoms with Gasteiger partial charge in [0.1, 0.15) is 10.0 Å². The second-order valence-corrected chi connectivity index (χ2v) is 6.97. The molecule has 0 radical (unpaired) electrons. The van der Waals surface area contributed by atoms with Crippen molar-refractivity contribution in [2.75, 3.05) is 6.54 Å². The molecular formula is C14H25N3S. The van der Waals surface area contributed by atoms with Crippen molar-refractivity contribution in [1.82, 2.24) is 15.5 Å². The van der Waals surface area contributed by atoms with Gasteiger partial charge in [0.15, 0.2) is 0 Å². The Morgan fingerprint density at radius 3 is 2.72 bits per heavy atom. The van der Waals surface area contributed by atoms with Gasteiger partial charge in [-0.25, -0.2) is 0 Å². The van der Waals surface area contributed by atoms with Crippen LogP contribution in [0.2, 0.25) is 0 Å². The third-order valence-corrected chi connectivity index (χ3v) is 5.32. The lowest BCUT2D eigenvalue weighted by Gasteiger charge is -2.24. The number of hydrogen-bond acceptors (Lipinski definition) is 4. The minimum absolute atomic E-state index is 0.380. The van der Waals surface area contributed by atoms with E-state index in [1.54, 1.807) is 0 Å². The van der Waals surface area contributed by atoms with E-state index >= 15 is 0 Å². The van der Waals surface area contributed by atoms with Gasteiger partial charge in [-0.15, -0.1) is 10.2 Å². The summed E-state index contributed by atoms with van der Waals surface area (Å²) in [5.74, 6) is 0.614. The van der Waals surface area contributed by atoms with Crippen molar-refractivity contribution in [3.05, 3.63) is 10.0 Å². The first-order valence-electron chi connectivity index (χ1n) is 7.15. The first-order chi connectivity index (χ1) is 8.58. The smallest absolute Gasteiger partial charge is 0.134 e. The molecule has 2 atom stereocenters. The summed E-state index contributed by atoms with van der Waals surface area (Å²) in [5.41, 5.74) is 0.400. The second-order valence-electron chi connectivity index (χ2n) is 5.93. The van der Waals surface area contributed by atoms with Gasteiger partial charge in [0.2, 0.25) is 0 Å². The van der Waals surface area contributed by atoms with Crippen molar-refractivity contribution in [3.63, 3.8) is 0 Å². The highest BCUT2D eigenvalue weighted by Gasteiger charge is 2.37. The van der Waals surface area contributed by atoms with Crippen LogP contribution in [0, 0.1) is 5.41 Å². The van der Waals surface area contributed by atoms with Gasteiger partial charge in [-0.2, -0.15) is 0 Å². The molecule has 0 aliphatic heterocycles. The lowest BCUT2D eigenvalue weighted by molar-refractivity contribution is 0.330. The van der Waals surface area contributed by atoms with E-state index in [2.05, 4.69) is 43.2 Å². The predicted molar refractivity (Wildman–Crippen MR) is 77.0 cm³/mol. The summed E-state index contributed by atoms with van der Waals surface area (Å²) in [4.78, 5) is 0. The lowest BCUT2D eigenvalue weighted by atomic mass is 9.82. The molecule has 0 saturated heterocycles. The molecular weight excluding hydrogens is 242 g/mol. The van der Waals surface area contributed by atoms with Crippen LogP contribution < -0.4 is 5.32 Å². The normalized spacial score (nSPS) is 24.3. The summed E-state index contributed by atoms with van der Waals surface area (Å²) in [6.45, 7) is 10.1.